The lowest BCUT2D eigenvalue weighted by Crippen LogP contribution is -2.50. The lowest BCUT2D eigenvalue weighted by Gasteiger charge is -2.32. The third-order valence-electron chi connectivity index (χ3n) is 4.90. The minimum absolute atomic E-state index is 0.153. The van der Waals surface area contributed by atoms with Crippen molar-refractivity contribution in [2.75, 3.05) is 5.32 Å². The van der Waals surface area contributed by atoms with Crippen molar-refractivity contribution < 1.29 is 9.59 Å². The Kier molecular flexibility index (Phi) is 6.54. The van der Waals surface area contributed by atoms with Crippen molar-refractivity contribution in [3.8, 4) is 11.8 Å². The van der Waals surface area contributed by atoms with Crippen molar-refractivity contribution in [2.45, 2.75) is 61.9 Å². The van der Waals surface area contributed by atoms with Gasteiger partial charge in [0.05, 0.1) is 17.0 Å². The molecule has 0 bridgehead atoms. The fourth-order valence-corrected chi connectivity index (χ4v) is 4.23. The molecule has 1 heterocycles. The van der Waals surface area contributed by atoms with Gasteiger partial charge in [0.1, 0.15) is 11.9 Å². The second kappa shape index (κ2) is 9.09. The first kappa shape index (κ1) is 20.9. The molecule has 0 spiro atoms. The molecular formula is C20H24N6O2S. The molecule has 1 unspecified atom stereocenters. The van der Waals surface area contributed by atoms with Gasteiger partial charge in [-0.25, -0.2) is 0 Å². The number of rotatable bonds is 6. The number of nitrogens with one attached hydrogen (secondary N) is 2. The minimum Gasteiger partial charge on any atom is -0.337 e. The maximum Gasteiger partial charge on any atom is 0.234 e. The quantitative estimate of drug-likeness (QED) is 0.705. The maximum atomic E-state index is 12.7. The Morgan fingerprint density at radius 3 is 2.76 bits per heavy atom. The predicted molar refractivity (Wildman–Crippen MR) is 111 cm³/mol. The molecule has 2 aromatic rings. The summed E-state index contributed by atoms with van der Waals surface area (Å²) < 4.78 is 1.76. The van der Waals surface area contributed by atoms with E-state index < -0.39 is 10.8 Å². The molecule has 1 fully saturated rings. The van der Waals surface area contributed by atoms with Crippen molar-refractivity contribution in [2.24, 2.45) is 0 Å². The Morgan fingerprint density at radius 1 is 1.31 bits per heavy atom. The molecule has 1 saturated carbocycles. The molecule has 8 nitrogen and oxygen atoms in total. The van der Waals surface area contributed by atoms with Crippen LogP contribution in [0.25, 0.3) is 5.69 Å². The van der Waals surface area contributed by atoms with E-state index in [0.717, 1.165) is 24.9 Å². The van der Waals surface area contributed by atoms with Gasteiger partial charge in [-0.15, -0.1) is 10.2 Å². The fraction of sp³-hybridized carbons (Fsp3) is 0.450. The van der Waals surface area contributed by atoms with Gasteiger partial charge in [-0.05, 0) is 38.0 Å². The summed E-state index contributed by atoms with van der Waals surface area (Å²) >= 11 is 1.28. The van der Waals surface area contributed by atoms with Crippen LogP contribution >= 0.6 is 11.8 Å². The highest BCUT2D eigenvalue weighted by Gasteiger charge is 2.35. The first-order chi connectivity index (χ1) is 13.9. The third kappa shape index (κ3) is 5.15. The molecular weight excluding hydrogens is 388 g/mol. The zero-order valence-electron chi connectivity index (χ0n) is 16.5. The number of benzene rings is 1. The number of aromatic nitrogens is 3. The highest BCUT2D eigenvalue weighted by Crippen LogP contribution is 2.29. The average Bonchev–Trinajstić information content (AvgIpc) is 3.16. The maximum absolute atomic E-state index is 12.7. The summed E-state index contributed by atoms with van der Waals surface area (Å²) in [5.41, 5.74) is 0.681. The molecule has 2 amide bonds. The van der Waals surface area contributed by atoms with Crippen LogP contribution < -0.4 is 10.6 Å². The van der Waals surface area contributed by atoms with Crippen molar-refractivity contribution in [3.05, 3.63) is 30.6 Å². The number of nitriles is 1. The van der Waals surface area contributed by atoms with Gasteiger partial charge in [-0.1, -0.05) is 37.1 Å². The topological polar surface area (TPSA) is 113 Å². The zero-order valence-corrected chi connectivity index (χ0v) is 17.3. The van der Waals surface area contributed by atoms with Gasteiger partial charge in [0.25, 0.3) is 0 Å². The predicted octanol–water partition coefficient (Wildman–Crippen LogP) is 3.05. The number of carbonyl (C=O) groups is 2. The van der Waals surface area contributed by atoms with E-state index in [1.807, 2.05) is 18.2 Å². The molecule has 1 aromatic heterocycles. The van der Waals surface area contributed by atoms with Gasteiger partial charge in [0.2, 0.25) is 11.8 Å². The summed E-state index contributed by atoms with van der Waals surface area (Å²) in [5.74, 6) is -0.333. The molecule has 152 valence electrons. The number of hydrogen-bond donors (Lipinski definition) is 2. The lowest BCUT2D eigenvalue weighted by molar-refractivity contribution is -0.122. The molecule has 9 heteroatoms. The first-order valence-corrected chi connectivity index (χ1v) is 10.5. The number of nitrogens with zero attached hydrogens (tertiary/aromatic N) is 4. The van der Waals surface area contributed by atoms with E-state index in [4.69, 9.17) is 0 Å². The van der Waals surface area contributed by atoms with Crippen LogP contribution in [0, 0.1) is 11.3 Å². The lowest BCUT2D eigenvalue weighted by atomic mass is 9.83. The van der Waals surface area contributed by atoms with Crippen LogP contribution in [0.2, 0.25) is 0 Å². The van der Waals surface area contributed by atoms with Gasteiger partial charge in [0.15, 0.2) is 5.16 Å². The summed E-state index contributed by atoms with van der Waals surface area (Å²) in [6, 6.07) is 9.61. The largest absolute Gasteiger partial charge is 0.337 e. The van der Waals surface area contributed by atoms with Gasteiger partial charge in [-0.3, -0.25) is 14.2 Å². The summed E-state index contributed by atoms with van der Waals surface area (Å²) in [6.07, 6.45) is 5.96. The second-order valence-electron chi connectivity index (χ2n) is 7.22. The standard InChI is InChI=1S/C20H24N6O2S/c1-14(18(28)24-20(12-21)9-4-3-5-10-20)29-19-25-22-13-26(19)17-8-6-7-16(11-17)23-15(2)27/h6-8,11,13-14H,3-5,9-10H2,1-2H3,(H,23,27)(H,24,28). The zero-order chi connectivity index (χ0) is 20.9. The van der Waals surface area contributed by atoms with Gasteiger partial charge < -0.3 is 10.6 Å². The molecule has 0 radical (unpaired) electrons. The molecule has 1 aliphatic carbocycles. The molecule has 0 saturated heterocycles. The number of hydrogen-bond acceptors (Lipinski definition) is 6. The minimum atomic E-state index is -0.759. The van der Waals surface area contributed by atoms with Crippen LogP contribution in [0.1, 0.15) is 46.0 Å². The van der Waals surface area contributed by atoms with E-state index in [1.54, 1.807) is 23.9 Å². The van der Waals surface area contributed by atoms with E-state index in [9.17, 15) is 14.9 Å². The Bertz CT molecular complexity index is 929. The van der Waals surface area contributed by atoms with Crippen molar-refractivity contribution in [3.63, 3.8) is 0 Å². The Morgan fingerprint density at radius 2 is 2.07 bits per heavy atom. The monoisotopic (exact) mass is 412 g/mol. The fourth-order valence-electron chi connectivity index (χ4n) is 3.39. The van der Waals surface area contributed by atoms with Crippen LogP contribution in [0.15, 0.2) is 35.7 Å². The van der Waals surface area contributed by atoms with Crippen LogP contribution in [0.5, 0.6) is 0 Å². The Labute approximate surface area is 174 Å². The molecule has 29 heavy (non-hydrogen) atoms. The molecule has 0 aliphatic heterocycles. The second-order valence-corrected chi connectivity index (χ2v) is 8.53. The Balaban J connectivity index is 1.72. The summed E-state index contributed by atoms with van der Waals surface area (Å²) in [6.45, 7) is 3.24. The number of anilines is 1. The molecule has 2 N–H and O–H groups in total. The van der Waals surface area contributed by atoms with E-state index >= 15 is 0 Å². The smallest absolute Gasteiger partial charge is 0.234 e. The third-order valence-corrected chi connectivity index (χ3v) is 5.95. The highest BCUT2D eigenvalue weighted by molar-refractivity contribution is 8.00. The van der Waals surface area contributed by atoms with Crippen molar-refractivity contribution in [1.82, 2.24) is 20.1 Å². The van der Waals surface area contributed by atoms with Crippen LogP contribution in [-0.2, 0) is 9.59 Å². The molecule has 3 rings (SSSR count). The number of amides is 2. The molecule has 1 aromatic carbocycles. The normalized spacial score (nSPS) is 16.4. The number of carbonyl (C=O) groups excluding carboxylic acids is 2. The van der Waals surface area contributed by atoms with Gasteiger partial charge in [-0.2, -0.15) is 5.26 Å². The molecule has 1 aliphatic rings. The summed E-state index contributed by atoms with van der Waals surface area (Å²) in [4.78, 5) is 24.0. The van der Waals surface area contributed by atoms with E-state index in [-0.39, 0.29) is 11.8 Å². The van der Waals surface area contributed by atoms with Crippen LogP contribution in [0.4, 0.5) is 5.69 Å². The first-order valence-electron chi connectivity index (χ1n) is 9.60. The van der Waals surface area contributed by atoms with Crippen molar-refractivity contribution in [1.29, 1.82) is 5.26 Å². The average molecular weight is 413 g/mol. The number of thioether (sulfide) groups is 1. The van der Waals surface area contributed by atoms with E-state index in [1.165, 1.54) is 18.7 Å². The van der Waals surface area contributed by atoms with Gasteiger partial charge in [0, 0.05) is 12.6 Å². The highest BCUT2D eigenvalue weighted by atomic mass is 32.2. The van der Waals surface area contributed by atoms with Crippen molar-refractivity contribution >= 4 is 29.3 Å². The SMILES string of the molecule is CC(=O)Nc1cccc(-n2cnnc2SC(C)C(=O)NC2(C#N)CCCCC2)c1. The van der Waals surface area contributed by atoms with Crippen LogP contribution in [0.3, 0.4) is 0 Å². The summed E-state index contributed by atoms with van der Waals surface area (Å²) in [5, 5.41) is 23.5. The van der Waals surface area contributed by atoms with Crippen LogP contribution in [-0.4, -0.2) is 37.4 Å². The molecule has 1 atom stereocenters. The van der Waals surface area contributed by atoms with E-state index in [2.05, 4.69) is 26.9 Å². The Hall–Kier alpha value is -2.86. The summed E-state index contributed by atoms with van der Waals surface area (Å²) in [7, 11) is 0. The van der Waals surface area contributed by atoms with E-state index in [0.29, 0.717) is 23.7 Å². The van der Waals surface area contributed by atoms with Gasteiger partial charge >= 0.3 is 0 Å².